The predicted octanol–water partition coefficient (Wildman–Crippen LogP) is 4.31. The lowest BCUT2D eigenvalue weighted by Gasteiger charge is -2.25. The number of nitrogens with zero attached hydrogens (tertiary/aromatic N) is 1. The second-order valence-electron chi connectivity index (χ2n) is 6.91. The van der Waals surface area contributed by atoms with Gasteiger partial charge >= 0.3 is 0 Å². The summed E-state index contributed by atoms with van der Waals surface area (Å²) in [6, 6.07) is 13.5. The smallest absolute Gasteiger partial charge is 0.295 e. The standard InChI is InChI=1S/C23H24BrNO5/c1-3-13-30-18-10-6-16(7-11-18)21(26)19-20(15-4-8-17(24)9-5-15)25(12-14-29-2)23(28)22(19)27/h4-11,20,26H,3,12-14H2,1-2H3/b21-19+. The highest BCUT2D eigenvalue weighted by molar-refractivity contribution is 9.10. The Bertz CT molecular complexity index is 937. The zero-order chi connectivity index (χ0) is 21.7. The van der Waals surface area contributed by atoms with Gasteiger partial charge in [0, 0.05) is 23.7 Å². The van der Waals surface area contributed by atoms with Crippen LogP contribution in [0, 0.1) is 0 Å². The molecule has 7 heteroatoms. The lowest BCUT2D eigenvalue weighted by atomic mass is 9.95. The summed E-state index contributed by atoms with van der Waals surface area (Å²) in [4.78, 5) is 27.0. The van der Waals surface area contributed by atoms with E-state index in [1.807, 2.05) is 31.2 Å². The minimum absolute atomic E-state index is 0.0700. The third-order valence-corrected chi connectivity index (χ3v) is 5.39. The van der Waals surface area contributed by atoms with Gasteiger partial charge in [-0.3, -0.25) is 9.59 Å². The van der Waals surface area contributed by atoms with E-state index < -0.39 is 17.7 Å². The number of aliphatic hydroxyl groups excluding tert-OH is 1. The first-order valence-electron chi connectivity index (χ1n) is 9.74. The first-order valence-corrected chi connectivity index (χ1v) is 10.5. The van der Waals surface area contributed by atoms with Crippen LogP contribution in [0.3, 0.4) is 0 Å². The van der Waals surface area contributed by atoms with Crippen LogP contribution in [0.4, 0.5) is 0 Å². The maximum absolute atomic E-state index is 12.9. The molecule has 0 aromatic heterocycles. The molecule has 0 radical (unpaired) electrons. The maximum Gasteiger partial charge on any atom is 0.295 e. The maximum atomic E-state index is 12.9. The first-order chi connectivity index (χ1) is 14.5. The summed E-state index contributed by atoms with van der Waals surface area (Å²) < 4.78 is 11.6. The fourth-order valence-corrected chi connectivity index (χ4v) is 3.64. The summed E-state index contributed by atoms with van der Waals surface area (Å²) in [6.45, 7) is 3.14. The SMILES string of the molecule is CCCOc1ccc(/C(O)=C2\C(=O)C(=O)N(CCOC)C2c2ccc(Br)cc2)cc1. The van der Waals surface area contributed by atoms with Crippen molar-refractivity contribution in [2.24, 2.45) is 0 Å². The normalized spacial score (nSPS) is 18.1. The highest BCUT2D eigenvalue weighted by Crippen LogP contribution is 2.39. The Morgan fingerprint density at radius 2 is 1.73 bits per heavy atom. The molecule has 1 aliphatic heterocycles. The number of aliphatic hydroxyl groups is 1. The van der Waals surface area contributed by atoms with Crippen molar-refractivity contribution in [1.82, 2.24) is 4.90 Å². The van der Waals surface area contributed by atoms with E-state index in [-0.39, 0.29) is 24.5 Å². The molecular weight excluding hydrogens is 450 g/mol. The summed E-state index contributed by atoms with van der Waals surface area (Å²) in [6.07, 6.45) is 0.889. The quantitative estimate of drug-likeness (QED) is 0.351. The summed E-state index contributed by atoms with van der Waals surface area (Å²) in [5.41, 5.74) is 1.25. The van der Waals surface area contributed by atoms with Crippen molar-refractivity contribution in [3.63, 3.8) is 0 Å². The molecule has 1 saturated heterocycles. The summed E-state index contributed by atoms with van der Waals surface area (Å²) in [7, 11) is 1.54. The van der Waals surface area contributed by atoms with E-state index >= 15 is 0 Å². The number of carbonyl (C=O) groups is 2. The van der Waals surface area contributed by atoms with Crippen LogP contribution in [-0.4, -0.2) is 48.6 Å². The molecule has 3 rings (SSSR count). The lowest BCUT2D eigenvalue weighted by molar-refractivity contribution is -0.140. The molecule has 0 bridgehead atoms. The number of ether oxygens (including phenoxy) is 2. The zero-order valence-electron chi connectivity index (χ0n) is 16.9. The zero-order valence-corrected chi connectivity index (χ0v) is 18.5. The fraction of sp³-hybridized carbons (Fsp3) is 0.304. The predicted molar refractivity (Wildman–Crippen MR) is 117 cm³/mol. The average Bonchev–Trinajstić information content (AvgIpc) is 3.01. The number of halogens is 1. The number of methoxy groups -OCH3 is 1. The van der Waals surface area contributed by atoms with Gasteiger partial charge in [0.25, 0.3) is 11.7 Å². The number of benzene rings is 2. The van der Waals surface area contributed by atoms with Crippen molar-refractivity contribution in [1.29, 1.82) is 0 Å². The van der Waals surface area contributed by atoms with E-state index in [2.05, 4.69) is 15.9 Å². The molecular formula is C23H24BrNO5. The number of likely N-dealkylation sites (tertiary alicyclic amines) is 1. The molecule has 2 aromatic carbocycles. The highest BCUT2D eigenvalue weighted by atomic mass is 79.9. The summed E-state index contributed by atoms with van der Waals surface area (Å²) >= 11 is 3.40. The van der Waals surface area contributed by atoms with E-state index in [1.165, 1.54) is 12.0 Å². The molecule has 1 aliphatic rings. The van der Waals surface area contributed by atoms with Crippen LogP contribution in [0.5, 0.6) is 5.75 Å². The van der Waals surface area contributed by atoms with Crippen molar-refractivity contribution in [2.45, 2.75) is 19.4 Å². The van der Waals surface area contributed by atoms with E-state index in [4.69, 9.17) is 9.47 Å². The Morgan fingerprint density at radius 1 is 1.07 bits per heavy atom. The Morgan fingerprint density at radius 3 is 2.33 bits per heavy atom. The van der Waals surface area contributed by atoms with Gasteiger partial charge in [0.1, 0.15) is 11.5 Å². The summed E-state index contributed by atoms with van der Waals surface area (Å²) in [5.74, 6) is -0.881. The van der Waals surface area contributed by atoms with Crippen LogP contribution < -0.4 is 4.74 Å². The molecule has 1 fully saturated rings. The van der Waals surface area contributed by atoms with E-state index in [0.29, 0.717) is 17.9 Å². The van der Waals surface area contributed by atoms with Gasteiger partial charge in [-0.05, 0) is 48.4 Å². The minimum Gasteiger partial charge on any atom is -0.507 e. The molecule has 1 unspecified atom stereocenters. The largest absolute Gasteiger partial charge is 0.507 e. The van der Waals surface area contributed by atoms with Crippen molar-refractivity contribution in [3.8, 4) is 5.75 Å². The number of Topliss-reactive ketones (excluding diaryl/α,β-unsaturated/α-hetero) is 1. The highest BCUT2D eigenvalue weighted by Gasteiger charge is 2.45. The lowest BCUT2D eigenvalue weighted by Crippen LogP contribution is -2.32. The van der Waals surface area contributed by atoms with Gasteiger partial charge in [0.15, 0.2) is 0 Å². The number of amides is 1. The van der Waals surface area contributed by atoms with Gasteiger partial charge in [-0.2, -0.15) is 0 Å². The molecule has 30 heavy (non-hydrogen) atoms. The molecule has 0 saturated carbocycles. The van der Waals surface area contributed by atoms with Crippen LogP contribution in [0.1, 0.15) is 30.5 Å². The molecule has 0 aliphatic carbocycles. The second kappa shape index (κ2) is 9.91. The Kier molecular flexibility index (Phi) is 7.29. The van der Waals surface area contributed by atoms with E-state index in [0.717, 1.165) is 16.5 Å². The van der Waals surface area contributed by atoms with E-state index in [9.17, 15) is 14.7 Å². The topological polar surface area (TPSA) is 76.1 Å². The molecule has 1 amide bonds. The Hall–Kier alpha value is -2.64. The van der Waals surface area contributed by atoms with Gasteiger partial charge in [0.2, 0.25) is 0 Å². The minimum atomic E-state index is -0.706. The van der Waals surface area contributed by atoms with Gasteiger partial charge in [-0.25, -0.2) is 0 Å². The molecule has 1 heterocycles. The van der Waals surface area contributed by atoms with Crippen molar-refractivity contribution in [3.05, 3.63) is 69.7 Å². The van der Waals surface area contributed by atoms with E-state index in [1.54, 1.807) is 24.3 Å². The number of hydrogen-bond acceptors (Lipinski definition) is 5. The van der Waals surface area contributed by atoms with Gasteiger partial charge in [-0.1, -0.05) is 35.0 Å². The third-order valence-electron chi connectivity index (χ3n) is 4.86. The molecule has 1 N–H and O–H groups in total. The van der Waals surface area contributed by atoms with Crippen molar-refractivity contribution in [2.75, 3.05) is 26.9 Å². The number of rotatable bonds is 8. The van der Waals surface area contributed by atoms with Crippen LogP contribution in [0.2, 0.25) is 0 Å². The Labute approximate surface area is 184 Å². The third kappa shape index (κ3) is 4.57. The van der Waals surface area contributed by atoms with Crippen LogP contribution in [0.25, 0.3) is 5.76 Å². The van der Waals surface area contributed by atoms with Crippen molar-refractivity contribution < 1.29 is 24.2 Å². The number of hydrogen-bond donors (Lipinski definition) is 1. The molecule has 6 nitrogen and oxygen atoms in total. The average molecular weight is 474 g/mol. The van der Waals surface area contributed by atoms with Crippen LogP contribution in [0.15, 0.2) is 58.6 Å². The van der Waals surface area contributed by atoms with Crippen LogP contribution in [-0.2, 0) is 14.3 Å². The first kappa shape index (κ1) is 22.1. The number of ketones is 1. The molecule has 1 atom stereocenters. The number of carbonyl (C=O) groups excluding carboxylic acids is 2. The van der Waals surface area contributed by atoms with Gasteiger partial charge < -0.3 is 19.5 Å². The molecule has 0 spiro atoms. The Balaban J connectivity index is 2.04. The molecule has 158 valence electrons. The van der Waals surface area contributed by atoms with Gasteiger partial charge in [-0.15, -0.1) is 0 Å². The van der Waals surface area contributed by atoms with Crippen LogP contribution >= 0.6 is 15.9 Å². The monoisotopic (exact) mass is 473 g/mol. The molecule has 2 aromatic rings. The van der Waals surface area contributed by atoms with Crippen molar-refractivity contribution >= 4 is 33.4 Å². The summed E-state index contributed by atoms with van der Waals surface area (Å²) in [5, 5.41) is 11.0. The van der Waals surface area contributed by atoms with Gasteiger partial charge in [0.05, 0.1) is 24.8 Å². The fourth-order valence-electron chi connectivity index (χ4n) is 3.38. The second-order valence-corrected chi connectivity index (χ2v) is 7.83.